The van der Waals surface area contributed by atoms with E-state index in [4.69, 9.17) is 0 Å². The van der Waals surface area contributed by atoms with Crippen molar-refractivity contribution < 1.29 is 9.18 Å². The fourth-order valence-corrected chi connectivity index (χ4v) is 3.02. The Morgan fingerprint density at radius 1 is 1.22 bits per heavy atom. The number of aromatic amines is 1. The van der Waals surface area contributed by atoms with Gasteiger partial charge in [0, 0.05) is 30.6 Å². The third kappa shape index (κ3) is 2.03. The van der Waals surface area contributed by atoms with Crippen LogP contribution in [0.25, 0.3) is 11.3 Å². The molecule has 0 aliphatic carbocycles. The molecule has 0 saturated heterocycles. The van der Waals surface area contributed by atoms with E-state index in [0.717, 1.165) is 16.7 Å². The van der Waals surface area contributed by atoms with Crippen LogP contribution in [0.15, 0.2) is 48.8 Å². The fourth-order valence-electron chi connectivity index (χ4n) is 3.02. The van der Waals surface area contributed by atoms with Gasteiger partial charge in [-0.2, -0.15) is 5.10 Å². The number of nitrogens with one attached hydrogen (secondary N) is 1. The van der Waals surface area contributed by atoms with Gasteiger partial charge in [0.15, 0.2) is 0 Å². The zero-order valence-corrected chi connectivity index (χ0v) is 12.3. The van der Waals surface area contributed by atoms with Gasteiger partial charge in [-0.05, 0) is 35.9 Å². The number of aromatic nitrogens is 3. The Balaban J connectivity index is 1.90. The number of rotatable bonds is 2. The predicted octanol–water partition coefficient (Wildman–Crippen LogP) is 2.79. The first-order valence-electron chi connectivity index (χ1n) is 7.18. The van der Waals surface area contributed by atoms with Crippen LogP contribution in [0, 0.1) is 5.82 Å². The molecule has 3 aromatic rings. The molecule has 0 bridgehead atoms. The average Bonchev–Trinajstić information content (AvgIpc) is 3.10. The first kappa shape index (κ1) is 13.6. The monoisotopic (exact) mass is 308 g/mol. The highest BCUT2D eigenvalue weighted by Crippen LogP contribution is 2.41. The second kappa shape index (κ2) is 5.01. The van der Waals surface area contributed by atoms with Crippen molar-refractivity contribution in [2.45, 2.75) is 6.04 Å². The van der Waals surface area contributed by atoms with Crippen LogP contribution in [0.5, 0.6) is 0 Å². The van der Waals surface area contributed by atoms with Crippen LogP contribution in [0.3, 0.4) is 0 Å². The molecule has 1 atom stereocenters. The number of halogens is 1. The number of amides is 1. The third-order valence-corrected chi connectivity index (χ3v) is 4.12. The van der Waals surface area contributed by atoms with Gasteiger partial charge in [-0.1, -0.05) is 6.07 Å². The van der Waals surface area contributed by atoms with Crippen LogP contribution in [0.2, 0.25) is 0 Å². The summed E-state index contributed by atoms with van der Waals surface area (Å²) in [6, 6.07) is 9.60. The van der Waals surface area contributed by atoms with E-state index in [1.54, 1.807) is 36.5 Å². The van der Waals surface area contributed by atoms with Gasteiger partial charge in [-0.3, -0.25) is 14.9 Å². The highest BCUT2D eigenvalue weighted by Gasteiger charge is 2.40. The number of fused-ring (bicyclic) bond motifs is 1. The van der Waals surface area contributed by atoms with Crippen molar-refractivity contribution in [2.24, 2.45) is 0 Å². The number of carbonyl (C=O) groups is 1. The Hall–Kier alpha value is -3.02. The highest BCUT2D eigenvalue weighted by molar-refractivity contribution is 5.99. The van der Waals surface area contributed by atoms with Crippen molar-refractivity contribution in [1.82, 2.24) is 20.1 Å². The molecule has 1 aliphatic heterocycles. The largest absolute Gasteiger partial charge is 0.329 e. The van der Waals surface area contributed by atoms with Gasteiger partial charge in [0.25, 0.3) is 5.91 Å². The Bertz CT molecular complexity index is 873. The molecule has 1 aromatic carbocycles. The van der Waals surface area contributed by atoms with Gasteiger partial charge in [-0.25, -0.2) is 4.39 Å². The molecule has 2 aromatic heterocycles. The number of carbonyl (C=O) groups excluding carboxylic acids is 1. The van der Waals surface area contributed by atoms with E-state index in [2.05, 4.69) is 15.2 Å². The molecule has 0 spiro atoms. The van der Waals surface area contributed by atoms with Gasteiger partial charge in [0.05, 0.1) is 11.7 Å². The van der Waals surface area contributed by atoms with Crippen molar-refractivity contribution in [3.63, 3.8) is 0 Å². The van der Waals surface area contributed by atoms with Crippen LogP contribution in [0.4, 0.5) is 4.39 Å². The van der Waals surface area contributed by atoms with Crippen molar-refractivity contribution in [2.75, 3.05) is 7.05 Å². The van der Waals surface area contributed by atoms with E-state index >= 15 is 0 Å². The number of pyridine rings is 1. The van der Waals surface area contributed by atoms with Crippen molar-refractivity contribution >= 4 is 5.91 Å². The Morgan fingerprint density at radius 3 is 2.70 bits per heavy atom. The lowest BCUT2D eigenvalue weighted by Crippen LogP contribution is -2.24. The standard InChI is InChI=1S/C17H13FN4O/c1-22-16(11-3-2-8-19-9-11)13-14(20-21-15(13)17(22)23)10-4-6-12(18)7-5-10/h2-9,16H,1H3,(H,20,21)/t16-/m1/s1. The molecule has 3 heterocycles. The smallest absolute Gasteiger partial charge is 0.272 e. The molecular weight excluding hydrogens is 295 g/mol. The van der Waals surface area contributed by atoms with Gasteiger partial charge >= 0.3 is 0 Å². The molecule has 6 heteroatoms. The lowest BCUT2D eigenvalue weighted by atomic mass is 9.97. The lowest BCUT2D eigenvalue weighted by molar-refractivity contribution is 0.0787. The quantitative estimate of drug-likeness (QED) is 0.792. The minimum atomic E-state index is -0.307. The van der Waals surface area contributed by atoms with E-state index in [1.165, 1.54) is 12.1 Å². The molecule has 114 valence electrons. The van der Waals surface area contributed by atoms with Crippen LogP contribution in [-0.2, 0) is 0 Å². The topological polar surface area (TPSA) is 61.9 Å². The van der Waals surface area contributed by atoms with Crippen molar-refractivity contribution in [3.8, 4) is 11.3 Å². The zero-order valence-electron chi connectivity index (χ0n) is 12.3. The molecule has 0 unspecified atom stereocenters. The number of H-pyrrole nitrogens is 1. The van der Waals surface area contributed by atoms with Crippen LogP contribution in [-0.4, -0.2) is 33.0 Å². The number of hydrogen-bond donors (Lipinski definition) is 1. The minimum Gasteiger partial charge on any atom is -0.329 e. The Kier molecular flexibility index (Phi) is 2.97. The molecule has 0 saturated carbocycles. The van der Waals surface area contributed by atoms with E-state index < -0.39 is 0 Å². The number of nitrogens with zero attached hydrogens (tertiary/aromatic N) is 3. The summed E-state index contributed by atoms with van der Waals surface area (Å²) in [6.07, 6.45) is 3.43. The molecular formula is C17H13FN4O. The first-order chi connectivity index (χ1) is 11.2. The summed E-state index contributed by atoms with van der Waals surface area (Å²) < 4.78 is 13.2. The lowest BCUT2D eigenvalue weighted by Gasteiger charge is -2.21. The van der Waals surface area contributed by atoms with Gasteiger partial charge < -0.3 is 4.90 Å². The molecule has 4 rings (SSSR count). The van der Waals surface area contributed by atoms with E-state index in [9.17, 15) is 9.18 Å². The number of benzene rings is 1. The maximum atomic E-state index is 13.2. The maximum Gasteiger partial charge on any atom is 0.272 e. The van der Waals surface area contributed by atoms with Gasteiger partial charge in [0.1, 0.15) is 11.5 Å². The summed E-state index contributed by atoms with van der Waals surface area (Å²) in [5, 5.41) is 7.11. The zero-order chi connectivity index (χ0) is 16.0. The maximum absolute atomic E-state index is 13.2. The predicted molar refractivity (Wildman–Crippen MR) is 82.2 cm³/mol. The summed E-state index contributed by atoms with van der Waals surface area (Å²) in [5.41, 5.74) is 3.61. The third-order valence-electron chi connectivity index (χ3n) is 4.12. The number of hydrogen-bond acceptors (Lipinski definition) is 3. The molecule has 0 radical (unpaired) electrons. The molecule has 5 nitrogen and oxygen atoms in total. The SMILES string of the molecule is CN1C(=O)c2[nH]nc(-c3ccc(F)cc3)c2[C@H]1c1cccnc1. The van der Waals surface area contributed by atoms with Crippen LogP contribution in [0.1, 0.15) is 27.7 Å². The van der Waals surface area contributed by atoms with Gasteiger partial charge in [0.2, 0.25) is 0 Å². The average molecular weight is 308 g/mol. The highest BCUT2D eigenvalue weighted by atomic mass is 19.1. The van der Waals surface area contributed by atoms with E-state index in [0.29, 0.717) is 11.4 Å². The summed E-state index contributed by atoms with van der Waals surface area (Å²) in [6.45, 7) is 0. The first-order valence-corrected chi connectivity index (χ1v) is 7.18. The molecule has 1 aliphatic rings. The van der Waals surface area contributed by atoms with Gasteiger partial charge in [-0.15, -0.1) is 0 Å². The van der Waals surface area contributed by atoms with E-state index in [1.807, 2.05) is 12.1 Å². The van der Waals surface area contributed by atoms with Crippen molar-refractivity contribution in [3.05, 3.63) is 71.4 Å². The summed E-state index contributed by atoms with van der Waals surface area (Å²) >= 11 is 0. The molecule has 23 heavy (non-hydrogen) atoms. The minimum absolute atomic E-state index is 0.116. The summed E-state index contributed by atoms with van der Waals surface area (Å²) in [4.78, 5) is 18.3. The second-order valence-corrected chi connectivity index (χ2v) is 5.47. The molecule has 1 N–H and O–H groups in total. The van der Waals surface area contributed by atoms with Crippen molar-refractivity contribution in [1.29, 1.82) is 0 Å². The summed E-state index contributed by atoms with van der Waals surface area (Å²) in [5.74, 6) is -0.423. The molecule has 0 fully saturated rings. The fraction of sp³-hybridized carbons (Fsp3) is 0.118. The molecule has 1 amide bonds. The second-order valence-electron chi connectivity index (χ2n) is 5.47. The van der Waals surface area contributed by atoms with Crippen LogP contribution >= 0.6 is 0 Å². The Morgan fingerprint density at radius 2 is 2.00 bits per heavy atom. The summed E-state index contributed by atoms with van der Waals surface area (Å²) in [7, 11) is 1.75. The Labute approximate surface area is 131 Å². The normalized spacial score (nSPS) is 16.7. The van der Waals surface area contributed by atoms with E-state index in [-0.39, 0.29) is 17.8 Å². The van der Waals surface area contributed by atoms with Crippen LogP contribution < -0.4 is 0 Å².